The van der Waals surface area contributed by atoms with Crippen LogP contribution in [0.4, 0.5) is 0 Å². The van der Waals surface area contributed by atoms with Crippen LogP contribution in [0.1, 0.15) is 46.4 Å². The van der Waals surface area contributed by atoms with Crippen molar-refractivity contribution in [3.05, 3.63) is 77.0 Å². The summed E-state index contributed by atoms with van der Waals surface area (Å²) in [5, 5.41) is 4.60. The van der Waals surface area contributed by atoms with E-state index in [-0.39, 0.29) is 11.2 Å². The Hall–Kier alpha value is -3.51. The van der Waals surface area contributed by atoms with Gasteiger partial charge < -0.3 is 11.5 Å². The van der Waals surface area contributed by atoms with E-state index in [9.17, 15) is 4.79 Å². The molecular weight excluding hydrogens is 386 g/mol. The van der Waals surface area contributed by atoms with Crippen molar-refractivity contribution < 1.29 is 4.79 Å². The molecular formula is C25H25N5O. The van der Waals surface area contributed by atoms with E-state index in [0.717, 1.165) is 57.7 Å². The van der Waals surface area contributed by atoms with Crippen molar-refractivity contribution in [2.45, 2.75) is 38.6 Å². The van der Waals surface area contributed by atoms with E-state index in [2.05, 4.69) is 29.4 Å². The van der Waals surface area contributed by atoms with E-state index in [1.54, 1.807) is 4.52 Å². The van der Waals surface area contributed by atoms with Gasteiger partial charge in [0, 0.05) is 16.7 Å². The first-order chi connectivity index (χ1) is 14.9. The summed E-state index contributed by atoms with van der Waals surface area (Å²) in [5.74, 6) is -0.546. The smallest absolute Gasteiger partial charge is 0.269 e. The van der Waals surface area contributed by atoms with Crippen LogP contribution in [0.5, 0.6) is 0 Å². The molecule has 1 aliphatic rings. The number of nitrogens with zero attached hydrogens (tertiary/aromatic N) is 3. The number of benzene rings is 2. The fourth-order valence-corrected chi connectivity index (χ4v) is 4.37. The van der Waals surface area contributed by atoms with E-state index < -0.39 is 5.91 Å². The summed E-state index contributed by atoms with van der Waals surface area (Å²) >= 11 is 0. The number of hydrogen-bond donors (Lipinski definition) is 2. The number of carbonyl (C=O) groups is 1. The van der Waals surface area contributed by atoms with E-state index in [4.69, 9.17) is 16.5 Å². The summed E-state index contributed by atoms with van der Waals surface area (Å²) in [4.78, 5) is 17.0. The molecule has 0 bridgehead atoms. The molecule has 6 heteroatoms. The van der Waals surface area contributed by atoms with Crippen LogP contribution >= 0.6 is 0 Å². The molecule has 0 unspecified atom stereocenters. The maximum absolute atomic E-state index is 12.0. The van der Waals surface area contributed by atoms with Crippen LogP contribution < -0.4 is 11.5 Å². The number of primary amides is 1. The minimum absolute atomic E-state index is 0.203. The van der Waals surface area contributed by atoms with Gasteiger partial charge in [-0.1, -0.05) is 54.6 Å². The summed E-state index contributed by atoms with van der Waals surface area (Å²) in [6, 6.07) is 18.3. The number of aromatic nitrogens is 3. The zero-order chi connectivity index (χ0) is 21.8. The molecule has 5 rings (SSSR count). The van der Waals surface area contributed by atoms with Crippen molar-refractivity contribution in [3.63, 3.8) is 0 Å². The van der Waals surface area contributed by atoms with Crippen molar-refractivity contribution in [1.82, 2.24) is 14.6 Å². The number of nitrogens with two attached hydrogens (primary N) is 2. The van der Waals surface area contributed by atoms with Crippen LogP contribution in [0.25, 0.3) is 28.2 Å². The Kier molecular flexibility index (Phi) is 4.41. The standard InChI is InChI=1S/C25H25N5O/c1-15-16(2)24-28-21(17-9-11-19(12-10-17)25(27)13-6-14-25)22(18-7-4-3-5-8-18)30(24)29-20(15)23(26)31/h3-5,7-12H,6,13-14,27H2,1-2H3,(H2,26,31). The highest BCUT2D eigenvalue weighted by atomic mass is 16.1. The average molecular weight is 412 g/mol. The van der Waals surface area contributed by atoms with E-state index in [1.807, 2.05) is 44.2 Å². The van der Waals surface area contributed by atoms with Crippen molar-refractivity contribution in [2.75, 3.05) is 0 Å². The molecule has 0 aliphatic heterocycles. The number of fused-ring (bicyclic) bond motifs is 1. The summed E-state index contributed by atoms with van der Waals surface area (Å²) in [6.07, 6.45) is 3.22. The monoisotopic (exact) mass is 411 g/mol. The second kappa shape index (κ2) is 7.03. The molecule has 0 spiro atoms. The van der Waals surface area contributed by atoms with Crippen molar-refractivity contribution >= 4 is 11.6 Å². The summed E-state index contributed by atoms with van der Waals surface area (Å²) in [5.41, 5.74) is 19.3. The van der Waals surface area contributed by atoms with Gasteiger partial charge in [-0.2, -0.15) is 5.10 Å². The van der Waals surface area contributed by atoms with Gasteiger partial charge in [0.1, 0.15) is 5.69 Å². The molecule has 156 valence electrons. The van der Waals surface area contributed by atoms with Crippen molar-refractivity contribution in [2.24, 2.45) is 11.5 Å². The largest absolute Gasteiger partial charge is 0.364 e. The third kappa shape index (κ3) is 3.02. The van der Waals surface area contributed by atoms with Gasteiger partial charge in [-0.3, -0.25) is 4.79 Å². The molecule has 1 fully saturated rings. The maximum atomic E-state index is 12.0. The zero-order valence-corrected chi connectivity index (χ0v) is 17.7. The summed E-state index contributed by atoms with van der Waals surface area (Å²) in [6.45, 7) is 3.80. The minimum Gasteiger partial charge on any atom is -0.364 e. The normalized spacial score (nSPS) is 15.1. The quantitative estimate of drug-likeness (QED) is 0.528. The average Bonchev–Trinajstić information content (AvgIpc) is 3.15. The molecule has 1 amide bonds. The Morgan fingerprint density at radius 1 is 0.968 bits per heavy atom. The van der Waals surface area contributed by atoms with Gasteiger partial charge in [0.2, 0.25) is 0 Å². The highest BCUT2D eigenvalue weighted by Crippen LogP contribution is 2.40. The summed E-state index contributed by atoms with van der Waals surface area (Å²) in [7, 11) is 0. The highest BCUT2D eigenvalue weighted by molar-refractivity contribution is 5.93. The van der Waals surface area contributed by atoms with Crippen LogP contribution in [0.2, 0.25) is 0 Å². The first kappa shape index (κ1) is 19.5. The van der Waals surface area contributed by atoms with Crippen molar-refractivity contribution in [3.8, 4) is 22.5 Å². The van der Waals surface area contributed by atoms with Crippen molar-refractivity contribution in [1.29, 1.82) is 0 Å². The summed E-state index contributed by atoms with van der Waals surface area (Å²) < 4.78 is 1.75. The van der Waals surface area contributed by atoms with Gasteiger partial charge in [0.25, 0.3) is 5.91 Å². The number of carbonyl (C=O) groups excluding carboxylic acids is 1. The van der Waals surface area contributed by atoms with Gasteiger partial charge >= 0.3 is 0 Å². The van der Waals surface area contributed by atoms with Crippen LogP contribution in [-0.2, 0) is 5.54 Å². The van der Waals surface area contributed by atoms with E-state index in [1.165, 1.54) is 6.42 Å². The Morgan fingerprint density at radius 3 is 2.23 bits per heavy atom. The molecule has 0 saturated heterocycles. The first-order valence-electron chi connectivity index (χ1n) is 10.5. The molecule has 4 aromatic rings. The van der Waals surface area contributed by atoms with E-state index in [0.29, 0.717) is 0 Å². The molecule has 6 nitrogen and oxygen atoms in total. The van der Waals surface area contributed by atoms with Crippen LogP contribution in [0.15, 0.2) is 54.6 Å². The fraction of sp³-hybridized carbons (Fsp3) is 0.240. The highest BCUT2D eigenvalue weighted by Gasteiger charge is 2.34. The first-order valence-corrected chi connectivity index (χ1v) is 10.5. The molecule has 0 radical (unpaired) electrons. The van der Waals surface area contributed by atoms with Crippen LogP contribution in [0, 0.1) is 13.8 Å². The number of rotatable bonds is 4. The van der Waals surface area contributed by atoms with E-state index >= 15 is 0 Å². The topological polar surface area (TPSA) is 99.3 Å². The lowest BCUT2D eigenvalue weighted by molar-refractivity contribution is 0.0993. The second-order valence-corrected chi connectivity index (χ2v) is 8.46. The second-order valence-electron chi connectivity index (χ2n) is 8.46. The Bertz CT molecular complexity index is 1300. The predicted octanol–water partition coefficient (Wildman–Crippen LogP) is 4.12. The lowest BCUT2D eigenvalue weighted by Crippen LogP contribution is -2.43. The van der Waals surface area contributed by atoms with Crippen LogP contribution in [-0.4, -0.2) is 20.5 Å². The number of hydrogen-bond acceptors (Lipinski definition) is 4. The SMILES string of the molecule is Cc1c(C(N)=O)nn2c(-c3ccccc3)c(-c3ccc(C4(N)CCC4)cc3)nc2c1C. The zero-order valence-electron chi connectivity index (χ0n) is 17.7. The Morgan fingerprint density at radius 2 is 1.65 bits per heavy atom. The molecule has 2 aromatic carbocycles. The molecule has 2 heterocycles. The predicted molar refractivity (Wildman–Crippen MR) is 122 cm³/mol. The molecule has 1 saturated carbocycles. The van der Waals surface area contributed by atoms with Gasteiger partial charge in [-0.25, -0.2) is 9.50 Å². The lowest BCUT2D eigenvalue weighted by atomic mass is 9.72. The Labute approximate surface area is 180 Å². The van der Waals surface area contributed by atoms with Gasteiger partial charge in [0.15, 0.2) is 11.3 Å². The minimum atomic E-state index is -0.546. The molecule has 1 aliphatic carbocycles. The lowest BCUT2D eigenvalue weighted by Gasteiger charge is -2.38. The van der Waals surface area contributed by atoms with Gasteiger partial charge in [-0.05, 0) is 49.8 Å². The third-order valence-electron chi connectivity index (χ3n) is 6.57. The van der Waals surface area contributed by atoms with Gasteiger partial charge in [-0.15, -0.1) is 0 Å². The molecule has 31 heavy (non-hydrogen) atoms. The number of imidazole rings is 1. The fourth-order valence-electron chi connectivity index (χ4n) is 4.37. The van der Waals surface area contributed by atoms with Crippen LogP contribution in [0.3, 0.4) is 0 Å². The Balaban J connectivity index is 1.76. The molecule has 2 aromatic heterocycles. The number of aryl methyl sites for hydroxylation is 1. The van der Waals surface area contributed by atoms with Gasteiger partial charge in [0.05, 0.1) is 5.69 Å². The maximum Gasteiger partial charge on any atom is 0.269 e. The number of amides is 1. The third-order valence-corrected chi connectivity index (χ3v) is 6.57. The molecule has 0 atom stereocenters. The molecule has 4 N–H and O–H groups in total.